The summed E-state index contributed by atoms with van der Waals surface area (Å²) in [6.45, 7) is 1.66. The molecule has 4 rings (SSSR count). The minimum Gasteiger partial charge on any atom is -0.491 e. The predicted octanol–water partition coefficient (Wildman–Crippen LogP) is 5.34. The van der Waals surface area contributed by atoms with E-state index in [-0.39, 0.29) is 42.5 Å². The largest absolute Gasteiger partial charge is 0.491 e. The molecule has 13 heteroatoms. The van der Waals surface area contributed by atoms with E-state index in [1.54, 1.807) is 12.1 Å². The van der Waals surface area contributed by atoms with E-state index in [1.165, 1.54) is 22.9 Å². The molecule has 1 unspecified atom stereocenters. The average molecular weight is 555 g/mol. The zero-order valence-electron chi connectivity index (χ0n) is 20.2. The lowest BCUT2D eigenvalue weighted by Crippen LogP contribution is -2.38. The number of halogens is 4. The first kappa shape index (κ1) is 27.5. The van der Waals surface area contributed by atoms with Crippen molar-refractivity contribution in [2.24, 2.45) is 0 Å². The van der Waals surface area contributed by atoms with Crippen molar-refractivity contribution in [2.45, 2.75) is 44.2 Å². The number of ether oxygens (including phenoxy) is 2. The smallest absolute Gasteiger partial charge is 0.416 e. The predicted molar refractivity (Wildman–Crippen MR) is 134 cm³/mol. The van der Waals surface area contributed by atoms with Crippen LogP contribution in [0.2, 0.25) is 5.28 Å². The lowest BCUT2D eigenvalue weighted by molar-refractivity contribution is -0.389. The van der Waals surface area contributed by atoms with Gasteiger partial charge in [0.25, 0.3) is 0 Å². The standard InChI is InChI=1S/C25H26ClF3N4O5/c26-24-30-23(33(35)36)15-32(24)11-8-19(34)16-37-20-6-4-18(5-7-20)31-12-9-21(10-13-31)38-22-3-1-2-17(14-22)25(27,28)29/h1-7,14-15,19,21,34H,8-13,16H2. The topological polar surface area (TPSA) is 103 Å². The van der Waals surface area contributed by atoms with Crippen molar-refractivity contribution in [1.82, 2.24) is 9.55 Å². The minimum atomic E-state index is -4.41. The lowest BCUT2D eigenvalue weighted by atomic mass is 10.1. The molecular formula is C25H26ClF3N4O5. The van der Waals surface area contributed by atoms with Crippen molar-refractivity contribution in [3.05, 3.63) is 75.7 Å². The number of aliphatic hydroxyl groups is 1. The van der Waals surface area contributed by atoms with Crippen molar-refractivity contribution in [3.8, 4) is 11.5 Å². The van der Waals surface area contributed by atoms with Crippen LogP contribution in [0.5, 0.6) is 11.5 Å². The van der Waals surface area contributed by atoms with Crippen molar-refractivity contribution in [3.63, 3.8) is 0 Å². The molecule has 0 spiro atoms. The zero-order valence-corrected chi connectivity index (χ0v) is 20.9. The summed E-state index contributed by atoms with van der Waals surface area (Å²) in [5.41, 5.74) is 0.253. The quantitative estimate of drug-likeness (QED) is 0.266. The zero-order chi connectivity index (χ0) is 27.3. The van der Waals surface area contributed by atoms with Crippen molar-refractivity contribution in [2.75, 3.05) is 24.6 Å². The third kappa shape index (κ3) is 7.29. The van der Waals surface area contributed by atoms with E-state index in [2.05, 4.69) is 9.88 Å². The summed E-state index contributed by atoms with van der Waals surface area (Å²) in [4.78, 5) is 15.9. The molecule has 1 N–H and O–H groups in total. The number of aromatic nitrogens is 2. The lowest BCUT2D eigenvalue weighted by Gasteiger charge is -2.34. The van der Waals surface area contributed by atoms with Crippen LogP contribution in [-0.2, 0) is 12.7 Å². The molecule has 0 radical (unpaired) electrons. The van der Waals surface area contributed by atoms with Gasteiger partial charge in [-0.25, -0.2) is 0 Å². The first-order valence-electron chi connectivity index (χ1n) is 12.0. The Hall–Kier alpha value is -3.51. The number of nitro groups is 1. The van der Waals surface area contributed by atoms with Crippen LogP contribution >= 0.6 is 11.6 Å². The van der Waals surface area contributed by atoms with Crippen LogP contribution in [0.15, 0.2) is 54.7 Å². The van der Waals surface area contributed by atoms with Crippen molar-refractivity contribution in [1.29, 1.82) is 0 Å². The van der Waals surface area contributed by atoms with E-state index >= 15 is 0 Å². The number of alkyl halides is 3. The molecule has 1 fully saturated rings. The molecule has 204 valence electrons. The maximum Gasteiger partial charge on any atom is 0.416 e. The number of benzene rings is 2. The summed E-state index contributed by atoms with van der Waals surface area (Å²) in [7, 11) is 0. The number of hydrogen-bond acceptors (Lipinski definition) is 7. The monoisotopic (exact) mass is 554 g/mol. The Labute approximate surface area is 221 Å². The molecule has 1 saturated heterocycles. The van der Waals surface area contributed by atoms with Crippen molar-refractivity contribution >= 4 is 23.1 Å². The summed E-state index contributed by atoms with van der Waals surface area (Å²) in [6, 6.07) is 12.3. The second kappa shape index (κ2) is 11.9. The highest BCUT2D eigenvalue weighted by Gasteiger charge is 2.31. The van der Waals surface area contributed by atoms with Crippen LogP contribution in [0.25, 0.3) is 0 Å². The molecule has 1 atom stereocenters. The maximum atomic E-state index is 12.9. The number of piperidine rings is 1. The van der Waals surface area contributed by atoms with Crippen LogP contribution in [0.1, 0.15) is 24.8 Å². The fourth-order valence-electron chi connectivity index (χ4n) is 4.11. The number of imidazole rings is 1. The number of hydrogen-bond donors (Lipinski definition) is 1. The van der Waals surface area contributed by atoms with Gasteiger partial charge in [-0.3, -0.25) is 4.57 Å². The van der Waals surface area contributed by atoms with Gasteiger partial charge in [0.2, 0.25) is 0 Å². The molecule has 1 aromatic heterocycles. The molecule has 0 amide bonds. The number of nitrogens with zero attached hydrogens (tertiary/aromatic N) is 4. The van der Waals surface area contributed by atoms with Crippen LogP contribution in [-0.4, -0.2) is 51.5 Å². The molecule has 0 bridgehead atoms. The summed E-state index contributed by atoms with van der Waals surface area (Å²) in [5.74, 6) is 0.441. The number of anilines is 1. The van der Waals surface area contributed by atoms with Gasteiger partial charge < -0.3 is 29.6 Å². The van der Waals surface area contributed by atoms with Gasteiger partial charge in [-0.05, 0) is 70.4 Å². The molecule has 2 heterocycles. The van der Waals surface area contributed by atoms with Crippen LogP contribution in [0.3, 0.4) is 0 Å². The Morgan fingerprint density at radius 1 is 1.16 bits per heavy atom. The second-order valence-corrected chi connectivity index (χ2v) is 9.23. The highest BCUT2D eigenvalue weighted by molar-refractivity contribution is 6.28. The Morgan fingerprint density at radius 3 is 2.50 bits per heavy atom. The molecule has 9 nitrogen and oxygen atoms in total. The Morgan fingerprint density at radius 2 is 1.87 bits per heavy atom. The Bertz CT molecular complexity index is 1230. The van der Waals surface area contributed by atoms with E-state index in [1.807, 2.05) is 12.1 Å². The van der Waals surface area contributed by atoms with Gasteiger partial charge in [0.1, 0.15) is 30.4 Å². The number of rotatable bonds is 10. The summed E-state index contributed by atoms with van der Waals surface area (Å²) in [5, 5.41) is 21.0. The third-order valence-corrected chi connectivity index (χ3v) is 6.46. The highest BCUT2D eigenvalue weighted by atomic mass is 35.5. The Balaban J connectivity index is 1.20. The molecule has 2 aromatic carbocycles. The van der Waals surface area contributed by atoms with E-state index in [9.17, 15) is 28.4 Å². The summed E-state index contributed by atoms with van der Waals surface area (Å²) < 4.78 is 51.6. The molecule has 1 aliphatic heterocycles. The highest BCUT2D eigenvalue weighted by Crippen LogP contribution is 2.32. The number of aryl methyl sites for hydroxylation is 1. The van der Waals surface area contributed by atoms with Gasteiger partial charge in [-0.15, -0.1) is 0 Å². The molecule has 38 heavy (non-hydrogen) atoms. The van der Waals surface area contributed by atoms with E-state index in [0.29, 0.717) is 31.7 Å². The summed E-state index contributed by atoms with van der Waals surface area (Å²) in [6.07, 6.45) is -2.56. The van der Waals surface area contributed by atoms with Gasteiger partial charge in [-0.1, -0.05) is 6.07 Å². The van der Waals surface area contributed by atoms with Crippen LogP contribution in [0, 0.1) is 10.1 Å². The molecule has 1 aliphatic rings. The average Bonchev–Trinajstić information content (AvgIpc) is 3.27. The van der Waals surface area contributed by atoms with E-state index in [4.69, 9.17) is 21.1 Å². The second-order valence-electron chi connectivity index (χ2n) is 8.90. The van der Waals surface area contributed by atoms with Gasteiger partial charge >= 0.3 is 17.3 Å². The Kier molecular flexibility index (Phi) is 8.62. The fraction of sp³-hybridized carbons (Fsp3) is 0.400. The SMILES string of the molecule is O=[N+]([O-])c1cn(CCC(O)COc2ccc(N3CCC(Oc4cccc(C(F)(F)F)c4)CC3)cc2)c(Cl)n1. The molecular weight excluding hydrogens is 529 g/mol. The fourth-order valence-corrected chi connectivity index (χ4v) is 4.33. The van der Waals surface area contributed by atoms with Crippen LogP contribution < -0.4 is 14.4 Å². The third-order valence-electron chi connectivity index (χ3n) is 6.16. The van der Waals surface area contributed by atoms with Gasteiger partial charge in [-0.2, -0.15) is 13.2 Å². The van der Waals surface area contributed by atoms with Crippen LogP contribution in [0.4, 0.5) is 24.7 Å². The normalized spacial score (nSPS) is 15.3. The van der Waals surface area contributed by atoms with Gasteiger partial charge in [0.15, 0.2) is 0 Å². The molecule has 3 aromatic rings. The number of aliphatic hydroxyl groups excluding tert-OH is 1. The van der Waals surface area contributed by atoms with Crippen molar-refractivity contribution < 1.29 is 32.7 Å². The molecule has 0 aliphatic carbocycles. The van der Waals surface area contributed by atoms with E-state index in [0.717, 1.165) is 17.8 Å². The first-order chi connectivity index (χ1) is 18.1. The first-order valence-corrected chi connectivity index (χ1v) is 12.3. The van der Waals surface area contributed by atoms with Gasteiger partial charge in [0, 0.05) is 38.2 Å². The van der Waals surface area contributed by atoms with Gasteiger partial charge in [0.05, 0.1) is 11.7 Å². The van der Waals surface area contributed by atoms with E-state index < -0.39 is 22.8 Å². The summed E-state index contributed by atoms with van der Waals surface area (Å²) >= 11 is 5.88. The maximum absolute atomic E-state index is 12.9. The molecule has 0 saturated carbocycles. The minimum absolute atomic E-state index is 0.0216.